The van der Waals surface area contributed by atoms with Gasteiger partial charge in [0.25, 0.3) is 0 Å². The lowest BCUT2D eigenvalue weighted by Gasteiger charge is -2.35. The number of benzene rings is 1. The molecule has 1 aliphatic carbocycles. The Morgan fingerprint density at radius 2 is 1.96 bits per heavy atom. The van der Waals surface area contributed by atoms with Crippen LogP contribution in [0.3, 0.4) is 0 Å². The highest BCUT2D eigenvalue weighted by molar-refractivity contribution is 5.95. The summed E-state index contributed by atoms with van der Waals surface area (Å²) in [5.41, 5.74) is 2.02. The Balaban J connectivity index is 1.61. The largest absolute Gasteiger partial charge is 0.466 e. The van der Waals surface area contributed by atoms with Crippen LogP contribution >= 0.6 is 0 Å². The molecule has 5 nitrogen and oxygen atoms in total. The van der Waals surface area contributed by atoms with Gasteiger partial charge in [0.05, 0.1) is 6.04 Å². The molecule has 5 heteroatoms. The molecule has 2 aromatic rings. The molecule has 2 amide bonds. The van der Waals surface area contributed by atoms with Crippen LogP contribution in [0.15, 0.2) is 46.9 Å². The van der Waals surface area contributed by atoms with E-state index in [0.29, 0.717) is 0 Å². The van der Waals surface area contributed by atoms with E-state index in [9.17, 15) is 9.59 Å². The smallest absolute Gasteiger partial charge is 0.244 e. The summed E-state index contributed by atoms with van der Waals surface area (Å²) in [6.07, 6.45) is 4.86. The van der Waals surface area contributed by atoms with Gasteiger partial charge in [-0.25, -0.2) is 0 Å². The Morgan fingerprint density at radius 1 is 1.25 bits per heavy atom. The molecule has 1 aromatic heterocycles. The molecule has 0 saturated heterocycles. The molecule has 1 aliphatic rings. The minimum Gasteiger partial charge on any atom is -0.466 e. The zero-order valence-corrected chi connectivity index (χ0v) is 16.9. The quantitative estimate of drug-likeness (QED) is 0.772. The van der Waals surface area contributed by atoms with Gasteiger partial charge in [0.1, 0.15) is 17.6 Å². The summed E-state index contributed by atoms with van der Waals surface area (Å²) >= 11 is 0. The second-order valence-corrected chi connectivity index (χ2v) is 8.32. The first kappa shape index (κ1) is 19.9. The third kappa shape index (κ3) is 4.91. The Kier molecular flexibility index (Phi) is 5.73. The van der Waals surface area contributed by atoms with Crippen molar-refractivity contribution < 1.29 is 14.0 Å². The average molecular weight is 380 g/mol. The summed E-state index contributed by atoms with van der Waals surface area (Å²) in [5.74, 6) is 1.31. The lowest BCUT2D eigenvalue weighted by atomic mass is 9.74. The van der Waals surface area contributed by atoms with Crippen LogP contribution in [0, 0.1) is 12.3 Å². The first-order valence-corrected chi connectivity index (χ1v) is 9.67. The van der Waals surface area contributed by atoms with Gasteiger partial charge in [-0.1, -0.05) is 44.2 Å². The van der Waals surface area contributed by atoms with E-state index in [1.807, 2.05) is 43.3 Å². The van der Waals surface area contributed by atoms with Gasteiger partial charge in [0.2, 0.25) is 11.8 Å². The Labute approximate surface area is 166 Å². The van der Waals surface area contributed by atoms with Crippen LogP contribution in [0.25, 0.3) is 6.08 Å². The van der Waals surface area contributed by atoms with E-state index >= 15 is 0 Å². The van der Waals surface area contributed by atoms with Crippen LogP contribution in [0.5, 0.6) is 0 Å². The molecule has 2 N–H and O–H groups in total. The van der Waals surface area contributed by atoms with Crippen molar-refractivity contribution in [2.45, 2.75) is 52.6 Å². The van der Waals surface area contributed by atoms with Gasteiger partial charge < -0.3 is 15.1 Å². The van der Waals surface area contributed by atoms with Gasteiger partial charge in [-0.05, 0) is 43.4 Å². The molecular formula is C23H28N2O3. The summed E-state index contributed by atoms with van der Waals surface area (Å²) in [7, 11) is 0. The fourth-order valence-electron chi connectivity index (χ4n) is 3.67. The third-order valence-corrected chi connectivity index (χ3v) is 5.03. The number of hydrogen-bond donors (Lipinski definition) is 2. The van der Waals surface area contributed by atoms with Gasteiger partial charge >= 0.3 is 0 Å². The second-order valence-electron chi connectivity index (χ2n) is 8.32. The molecule has 2 atom stereocenters. The van der Waals surface area contributed by atoms with Crippen molar-refractivity contribution >= 4 is 17.9 Å². The highest BCUT2D eigenvalue weighted by Gasteiger charge is 2.36. The van der Waals surface area contributed by atoms with Crippen molar-refractivity contribution in [2.75, 3.05) is 0 Å². The predicted octanol–water partition coefficient (Wildman–Crippen LogP) is 3.94. The molecule has 0 fully saturated rings. The summed E-state index contributed by atoms with van der Waals surface area (Å²) in [5, 5.41) is 5.81. The van der Waals surface area contributed by atoms with Crippen LogP contribution in [-0.2, 0) is 16.0 Å². The molecule has 0 bridgehead atoms. The maximum Gasteiger partial charge on any atom is 0.244 e. The molecule has 0 saturated carbocycles. The molecule has 1 aromatic carbocycles. The monoisotopic (exact) mass is 380 g/mol. The highest BCUT2D eigenvalue weighted by atomic mass is 16.3. The first-order valence-electron chi connectivity index (χ1n) is 9.67. The molecule has 0 radical (unpaired) electrons. The minimum atomic E-state index is -0.630. The van der Waals surface area contributed by atoms with E-state index in [4.69, 9.17) is 4.42 Å². The Hall–Kier alpha value is -2.82. The van der Waals surface area contributed by atoms with Crippen LogP contribution in [0.2, 0.25) is 0 Å². The standard InChI is InChI=1S/C23H28N2O3/c1-15-12-18-19(13-23(3,4)14-20(18)28-15)25-22(27)16(2)24-21(26)11-10-17-8-6-5-7-9-17/h5-12,16,19H,13-14H2,1-4H3,(H,24,26)(H,25,27)/b11-10+/t16-,19+/m1/s1. The van der Waals surface area contributed by atoms with Crippen LogP contribution in [0.1, 0.15) is 55.9 Å². The Morgan fingerprint density at radius 3 is 2.68 bits per heavy atom. The maximum absolute atomic E-state index is 12.7. The fourth-order valence-corrected chi connectivity index (χ4v) is 3.67. The minimum absolute atomic E-state index is 0.0418. The van der Waals surface area contributed by atoms with E-state index in [1.54, 1.807) is 13.0 Å². The van der Waals surface area contributed by atoms with E-state index in [-0.39, 0.29) is 23.3 Å². The lowest BCUT2D eigenvalue weighted by molar-refractivity contribution is -0.127. The van der Waals surface area contributed by atoms with E-state index in [1.165, 1.54) is 6.08 Å². The van der Waals surface area contributed by atoms with E-state index in [0.717, 1.165) is 35.5 Å². The van der Waals surface area contributed by atoms with Crippen molar-refractivity contribution in [1.29, 1.82) is 0 Å². The molecule has 28 heavy (non-hydrogen) atoms. The number of rotatable bonds is 5. The molecule has 148 valence electrons. The van der Waals surface area contributed by atoms with Crippen molar-refractivity contribution in [3.05, 3.63) is 65.1 Å². The van der Waals surface area contributed by atoms with Crippen LogP contribution in [-0.4, -0.2) is 17.9 Å². The summed E-state index contributed by atoms with van der Waals surface area (Å²) in [4.78, 5) is 24.8. The highest BCUT2D eigenvalue weighted by Crippen LogP contribution is 2.42. The fraction of sp³-hybridized carbons (Fsp3) is 0.391. The van der Waals surface area contributed by atoms with Crippen molar-refractivity contribution in [3.8, 4) is 0 Å². The normalized spacial score (nSPS) is 19.1. The number of hydrogen-bond acceptors (Lipinski definition) is 3. The summed E-state index contributed by atoms with van der Waals surface area (Å²) in [6.45, 7) is 7.96. The number of nitrogens with one attached hydrogen (secondary N) is 2. The molecule has 0 aliphatic heterocycles. The number of carbonyl (C=O) groups excluding carboxylic acids is 2. The molecule has 0 spiro atoms. The van der Waals surface area contributed by atoms with Crippen molar-refractivity contribution in [2.24, 2.45) is 5.41 Å². The van der Waals surface area contributed by atoms with E-state index < -0.39 is 6.04 Å². The number of amides is 2. The maximum atomic E-state index is 12.7. The summed E-state index contributed by atoms with van der Waals surface area (Å²) in [6, 6.07) is 10.8. The lowest BCUT2D eigenvalue weighted by Crippen LogP contribution is -2.46. The SMILES string of the molecule is Cc1cc2c(o1)CC(C)(C)C[C@@H]2NC(=O)[C@@H](C)NC(=O)/C=C/c1ccccc1. The first-order chi connectivity index (χ1) is 13.2. The van der Waals surface area contributed by atoms with Gasteiger partial charge in [-0.2, -0.15) is 0 Å². The van der Waals surface area contributed by atoms with Crippen LogP contribution in [0.4, 0.5) is 0 Å². The van der Waals surface area contributed by atoms with Gasteiger partial charge in [-0.3, -0.25) is 9.59 Å². The molecular weight excluding hydrogens is 352 g/mol. The number of furan rings is 1. The van der Waals surface area contributed by atoms with Crippen LogP contribution < -0.4 is 10.6 Å². The van der Waals surface area contributed by atoms with E-state index in [2.05, 4.69) is 24.5 Å². The van der Waals surface area contributed by atoms with Gasteiger partial charge in [0.15, 0.2) is 0 Å². The van der Waals surface area contributed by atoms with Crippen molar-refractivity contribution in [1.82, 2.24) is 10.6 Å². The molecule has 1 heterocycles. The number of carbonyl (C=O) groups is 2. The van der Waals surface area contributed by atoms with Gasteiger partial charge in [-0.15, -0.1) is 0 Å². The average Bonchev–Trinajstić information content (AvgIpc) is 2.99. The van der Waals surface area contributed by atoms with Gasteiger partial charge in [0, 0.05) is 18.1 Å². The molecule has 0 unspecified atom stereocenters. The summed E-state index contributed by atoms with van der Waals surface area (Å²) < 4.78 is 5.82. The Bertz CT molecular complexity index is 881. The third-order valence-electron chi connectivity index (χ3n) is 5.03. The van der Waals surface area contributed by atoms with Crippen molar-refractivity contribution in [3.63, 3.8) is 0 Å². The number of fused-ring (bicyclic) bond motifs is 1. The zero-order valence-electron chi connectivity index (χ0n) is 16.9. The zero-order chi connectivity index (χ0) is 20.3. The topological polar surface area (TPSA) is 71.3 Å². The molecule has 3 rings (SSSR count). The second kappa shape index (κ2) is 8.05. The predicted molar refractivity (Wildman–Crippen MR) is 110 cm³/mol. The number of aryl methyl sites for hydroxylation is 1.